The highest BCUT2D eigenvalue weighted by molar-refractivity contribution is 5.97. The van der Waals surface area contributed by atoms with Crippen molar-refractivity contribution in [1.82, 2.24) is 4.98 Å². The van der Waals surface area contributed by atoms with Gasteiger partial charge in [-0.1, -0.05) is 96.5 Å². The first-order chi connectivity index (χ1) is 13.1. The minimum atomic E-state index is -0.0962. The highest BCUT2D eigenvalue weighted by atomic mass is 16.1. The van der Waals surface area contributed by atoms with Gasteiger partial charge in [-0.3, -0.25) is 9.59 Å². The Morgan fingerprint density at radius 3 is 1.63 bits per heavy atom. The van der Waals surface area contributed by atoms with Gasteiger partial charge in [0, 0.05) is 13.3 Å². The molecule has 0 saturated heterocycles. The van der Waals surface area contributed by atoms with Gasteiger partial charge in [-0.05, 0) is 18.6 Å². The Bertz CT molecular complexity index is 539. The predicted molar refractivity (Wildman–Crippen MR) is 114 cm³/mol. The number of rotatable bonds is 17. The molecule has 3 heteroatoms. The molecule has 3 nitrogen and oxygen atoms in total. The number of unbranched alkanes of at least 4 members (excludes halogenated alkanes) is 13. The van der Waals surface area contributed by atoms with Gasteiger partial charge in [-0.15, -0.1) is 0 Å². The van der Waals surface area contributed by atoms with Crippen molar-refractivity contribution in [3.8, 4) is 0 Å². The topological polar surface area (TPSA) is 47.0 Å². The second kappa shape index (κ2) is 15.5. The third-order valence-electron chi connectivity index (χ3n) is 5.15. The third-order valence-corrected chi connectivity index (χ3v) is 5.15. The van der Waals surface area contributed by atoms with Crippen LogP contribution in [0.3, 0.4) is 0 Å². The van der Waals surface area contributed by atoms with Crippen LogP contribution in [0.1, 0.15) is 131 Å². The van der Waals surface area contributed by atoms with E-state index in [1.165, 1.54) is 84.0 Å². The van der Waals surface area contributed by atoms with Crippen molar-refractivity contribution >= 4 is 11.6 Å². The van der Waals surface area contributed by atoms with Gasteiger partial charge in [-0.2, -0.15) is 0 Å². The highest BCUT2D eigenvalue weighted by Gasteiger charge is 2.09. The Balaban J connectivity index is 1.95. The van der Waals surface area contributed by atoms with Gasteiger partial charge in [0.15, 0.2) is 11.6 Å². The van der Waals surface area contributed by atoms with Crippen molar-refractivity contribution in [2.45, 2.75) is 110 Å². The molecule has 0 spiro atoms. The van der Waals surface area contributed by atoms with Crippen LogP contribution in [0, 0.1) is 0 Å². The summed E-state index contributed by atoms with van der Waals surface area (Å²) in [6.07, 6.45) is 18.9. The maximum atomic E-state index is 12.2. The van der Waals surface area contributed by atoms with E-state index in [2.05, 4.69) is 11.9 Å². The second-order valence-corrected chi connectivity index (χ2v) is 7.73. The van der Waals surface area contributed by atoms with Crippen LogP contribution in [0.2, 0.25) is 0 Å². The van der Waals surface area contributed by atoms with Gasteiger partial charge in [0.2, 0.25) is 0 Å². The van der Waals surface area contributed by atoms with Gasteiger partial charge in [-0.25, -0.2) is 4.98 Å². The average molecular weight is 374 g/mol. The second-order valence-electron chi connectivity index (χ2n) is 7.73. The molecular weight excluding hydrogens is 334 g/mol. The van der Waals surface area contributed by atoms with Crippen molar-refractivity contribution < 1.29 is 9.59 Å². The zero-order valence-corrected chi connectivity index (χ0v) is 17.6. The van der Waals surface area contributed by atoms with Gasteiger partial charge in [0.25, 0.3) is 0 Å². The standard InChI is InChI=1S/C24H39NO2/c1-3-4-5-6-7-8-9-10-11-12-13-14-15-16-20-24(27)23-19-17-18-22(25-23)21(2)26/h17-19H,3-16,20H2,1-2H3. The molecule has 1 rings (SSSR count). The number of aromatic nitrogens is 1. The quantitative estimate of drug-likeness (QED) is 0.212. The first-order valence-electron chi connectivity index (χ1n) is 11.2. The molecule has 0 N–H and O–H groups in total. The van der Waals surface area contributed by atoms with E-state index >= 15 is 0 Å². The lowest BCUT2D eigenvalue weighted by atomic mass is 10.0. The molecule has 0 aromatic carbocycles. The molecule has 0 saturated carbocycles. The van der Waals surface area contributed by atoms with Crippen molar-refractivity contribution in [3.05, 3.63) is 29.6 Å². The molecule has 0 aliphatic carbocycles. The summed E-state index contributed by atoms with van der Waals surface area (Å²) in [5.41, 5.74) is 0.805. The molecule has 152 valence electrons. The number of ketones is 2. The van der Waals surface area contributed by atoms with Crippen LogP contribution in [0.5, 0.6) is 0 Å². The first kappa shape index (κ1) is 23.5. The fourth-order valence-electron chi connectivity index (χ4n) is 3.39. The maximum absolute atomic E-state index is 12.2. The van der Waals surface area contributed by atoms with Crippen LogP contribution in [-0.2, 0) is 0 Å². The van der Waals surface area contributed by atoms with E-state index in [1.54, 1.807) is 18.2 Å². The summed E-state index contributed by atoms with van der Waals surface area (Å²) in [5.74, 6) is -0.0434. The van der Waals surface area contributed by atoms with Crippen molar-refractivity contribution in [3.63, 3.8) is 0 Å². The van der Waals surface area contributed by atoms with E-state index in [9.17, 15) is 9.59 Å². The van der Waals surface area contributed by atoms with Crippen LogP contribution in [0.25, 0.3) is 0 Å². The number of carbonyl (C=O) groups is 2. The monoisotopic (exact) mass is 373 g/mol. The lowest BCUT2D eigenvalue weighted by Gasteiger charge is -2.04. The largest absolute Gasteiger partial charge is 0.293 e. The summed E-state index contributed by atoms with van der Waals surface area (Å²) in [5, 5.41) is 0. The molecule has 0 bridgehead atoms. The van der Waals surface area contributed by atoms with Crippen LogP contribution in [0.15, 0.2) is 18.2 Å². The van der Waals surface area contributed by atoms with Crippen molar-refractivity contribution in [2.24, 2.45) is 0 Å². The minimum Gasteiger partial charge on any atom is -0.293 e. The van der Waals surface area contributed by atoms with Gasteiger partial charge in [0.1, 0.15) is 11.4 Å². The molecule has 1 aromatic heterocycles. The van der Waals surface area contributed by atoms with E-state index < -0.39 is 0 Å². The fourth-order valence-corrected chi connectivity index (χ4v) is 3.39. The number of Topliss-reactive ketones (excluding diaryl/α,β-unsaturated/α-hetero) is 2. The van der Waals surface area contributed by atoms with Gasteiger partial charge < -0.3 is 0 Å². The summed E-state index contributed by atoms with van der Waals surface area (Å²) in [4.78, 5) is 27.7. The number of pyridine rings is 1. The molecule has 0 unspecified atom stereocenters. The molecular formula is C24H39NO2. The normalized spacial score (nSPS) is 10.9. The molecule has 0 aliphatic rings. The summed E-state index contributed by atoms with van der Waals surface area (Å²) >= 11 is 0. The Morgan fingerprint density at radius 1 is 0.704 bits per heavy atom. The van der Waals surface area contributed by atoms with Crippen LogP contribution in [0.4, 0.5) is 0 Å². The van der Waals surface area contributed by atoms with E-state index in [4.69, 9.17) is 0 Å². The summed E-state index contributed by atoms with van der Waals surface area (Å²) in [6.45, 7) is 3.74. The summed E-state index contributed by atoms with van der Waals surface area (Å²) in [6, 6.07) is 5.10. The van der Waals surface area contributed by atoms with E-state index in [1.807, 2.05) is 0 Å². The lowest BCUT2D eigenvalue weighted by molar-refractivity contribution is 0.0974. The Morgan fingerprint density at radius 2 is 1.15 bits per heavy atom. The Kier molecular flexibility index (Phi) is 13.5. The molecule has 1 heterocycles. The highest BCUT2D eigenvalue weighted by Crippen LogP contribution is 2.14. The Labute approximate surface area is 166 Å². The van der Waals surface area contributed by atoms with Crippen LogP contribution in [-0.4, -0.2) is 16.6 Å². The predicted octanol–water partition coefficient (Wildman–Crippen LogP) is 7.34. The Hall–Kier alpha value is -1.51. The SMILES string of the molecule is CCCCCCCCCCCCCCCCC(=O)c1cccc(C(C)=O)n1. The number of carbonyl (C=O) groups excluding carboxylic acids is 2. The fraction of sp³-hybridized carbons (Fsp3) is 0.708. The molecule has 0 radical (unpaired) electrons. The van der Waals surface area contributed by atoms with Gasteiger partial charge in [0.05, 0.1) is 0 Å². The van der Waals surface area contributed by atoms with Crippen LogP contribution < -0.4 is 0 Å². The molecule has 0 amide bonds. The number of nitrogens with zero attached hydrogens (tertiary/aromatic N) is 1. The van der Waals surface area contributed by atoms with E-state index in [-0.39, 0.29) is 11.6 Å². The molecule has 0 atom stereocenters. The molecule has 27 heavy (non-hydrogen) atoms. The molecule has 0 fully saturated rings. The first-order valence-corrected chi connectivity index (χ1v) is 11.2. The number of hydrogen-bond donors (Lipinski definition) is 0. The molecule has 0 aliphatic heterocycles. The average Bonchev–Trinajstić information content (AvgIpc) is 2.68. The third kappa shape index (κ3) is 11.7. The van der Waals surface area contributed by atoms with Crippen molar-refractivity contribution in [1.29, 1.82) is 0 Å². The van der Waals surface area contributed by atoms with Crippen molar-refractivity contribution in [2.75, 3.05) is 0 Å². The van der Waals surface area contributed by atoms with Gasteiger partial charge >= 0.3 is 0 Å². The zero-order chi connectivity index (χ0) is 19.7. The minimum absolute atomic E-state index is 0.0528. The molecule has 1 aromatic rings. The van der Waals surface area contributed by atoms with E-state index in [0.717, 1.165) is 12.8 Å². The lowest BCUT2D eigenvalue weighted by Crippen LogP contribution is -2.06. The van der Waals surface area contributed by atoms with Crippen LogP contribution >= 0.6 is 0 Å². The summed E-state index contributed by atoms with van der Waals surface area (Å²) < 4.78 is 0. The van der Waals surface area contributed by atoms with E-state index in [0.29, 0.717) is 17.8 Å². The smallest absolute Gasteiger partial charge is 0.181 e. The maximum Gasteiger partial charge on any atom is 0.181 e. The summed E-state index contributed by atoms with van der Waals surface area (Å²) in [7, 11) is 0. The number of hydrogen-bond acceptors (Lipinski definition) is 3. The zero-order valence-electron chi connectivity index (χ0n) is 17.6.